The van der Waals surface area contributed by atoms with Crippen LogP contribution in [0.5, 0.6) is 0 Å². The number of nitrogens with one attached hydrogen (secondary N) is 1. The quantitative estimate of drug-likeness (QED) is 0.908. The number of aromatic nitrogens is 1. The van der Waals surface area contributed by atoms with Gasteiger partial charge in [-0.05, 0) is 12.1 Å². The van der Waals surface area contributed by atoms with Gasteiger partial charge in [-0.1, -0.05) is 30.4 Å². The lowest BCUT2D eigenvalue weighted by molar-refractivity contribution is -0.115. The van der Waals surface area contributed by atoms with E-state index in [-0.39, 0.29) is 5.91 Å². The van der Waals surface area contributed by atoms with Crippen LogP contribution < -0.4 is 16.0 Å². The molecule has 1 aromatic carbocycles. The van der Waals surface area contributed by atoms with Gasteiger partial charge in [0.1, 0.15) is 10.7 Å². The summed E-state index contributed by atoms with van der Waals surface area (Å²) in [6, 6.07) is 7.98. The molecule has 0 fully saturated rings. The Hall–Kier alpha value is -2.08. The molecule has 1 amide bonds. The molecule has 0 atom stereocenters. The summed E-state index contributed by atoms with van der Waals surface area (Å²) in [6.07, 6.45) is 0.423. The van der Waals surface area contributed by atoms with Gasteiger partial charge in [-0.3, -0.25) is 4.79 Å². The Bertz CT molecular complexity index is 604. The first kappa shape index (κ1) is 14.3. The standard InChI is InChI=1S/C14H18N4OS/c1-4-11(19)16-14-17-12(13(15)20-14)9-5-7-10(8-6-9)18(2)3/h5-8H,4,15H2,1-3H3,(H,16,17,19). The molecule has 2 aromatic rings. The predicted molar refractivity (Wildman–Crippen MR) is 85.2 cm³/mol. The molecular formula is C14H18N4OS. The molecule has 1 heterocycles. The third kappa shape index (κ3) is 3.08. The number of carbonyl (C=O) groups is 1. The van der Waals surface area contributed by atoms with Crippen molar-refractivity contribution >= 4 is 33.1 Å². The van der Waals surface area contributed by atoms with Crippen molar-refractivity contribution in [3.63, 3.8) is 0 Å². The van der Waals surface area contributed by atoms with E-state index in [4.69, 9.17) is 5.73 Å². The van der Waals surface area contributed by atoms with E-state index in [9.17, 15) is 4.79 Å². The molecule has 2 rings (SSSR count). The highest BCUT2D eigenvalue weighted by Gasteiger charge is 2.12. The molecule has 0 bridgehead atoms. The maximum Gasteiger partial charge on any atom is 0.225 e. The molecule has 0 saturated carbocycles. The Morgan fingerprint density at radius 1 is 1.35 bits per heavy atom. The number of amides is 1. The minimum absolute atomic E-state index is 0.0618. The second kappa shape index (κ2) is 5.92. The van der Waals surface area contributed by atoms with E-state index >= 15 is 0 Å². The van der Waals surface area contributed by atoms with Crippen molar-refractivity contribution in [2.45, 2.75) is 13.3 Å². The van der Waals surface area contributed by atoms with Crippen molar-refractivity contribution in [1.29, 1.82) is 0 Å². The van der Waals surface area contributed by atoms with Gasteiger partial charge in [0, 0.05) is 31.8 Å². The van der Waals surface area contributed by atoms with Gasteiger partial charge >= 0.3 is 0 Å². The zero-order chi connectivity index (χ0) is 14.7. The number of benzene rings is 1. The molecule has 3 N–H and O–H groups in total. The van der Waals surface area contributed by atoms with E-state index in [0.29, 0.717) is 22.2 Å². The lowest BCUT2D eigenvalue weighted by Gasteiger charge is -2.12. The smallest absolute Gasteiger partial charge is 0.225 e. The van der Waals surface area contributed by atoms with Crippen molar-refractivity contribution in [3.8, 4) is 11.3 Å². The molecule has 0 saturated heterocycles. The fraction of sp³-hybridized carbons (Fsp3) is 0.286. The summed E-state index contributed by atoms with van der Waals surface area (Å²) in [5.74, 6) is -0.0618. The van der Waals surface area contributed by atoms with Gasteiger partial charge in [0.2, 0.25) is 5.91 Å². The number of carbonyl (C=O) groups excluding carboxylic acids is 1. The summed E-state index contributed by atoms with van der Waals surface area (Å²) in [6.45, 7) is 1.80. The van der Waals surface area contributed by atoms with E-state index < -0.39 is 0 Å². The lowest BCUT2D eigenvalue weighted by atomic mass is 10.1. The Kier molecular flexibility index (Phi) is 4.24. The lowest BCUT2D eigenvalue weighted by Crippen LogP contribution is -2.09. The molecule has 0 aliphatic heterocycles. The topological polar surface area (TPSA) is 71.2 Å². The van der Waals surface area contributed by atoms with Gasteiger partial charge in [-0.15, -0.1) is 0 Å². The molecule has 0 radical (unpaired) electrons. The van der Waals surface area contributed by atoms with Crippen LogP contribution >= 0.6 is 11.3 Å². The van der Waals surface area contributed by atoms with Gasteiger partial charge in [0.25, 0.3) is 0 Å². The number of rotatable bonds is 4. The number of hydrogen-bond donors (Lipinski definition) is 2. The zero-order valence-electron chi connectivity index (χ0n) is 11.8. The van der Waals surface area contributed by atoms with Gasteiger partial charge in [0.05, 0.1) is 0 Å². The van der Waals surface area contributed by atoms with Crippen LogP contribution in [0.4, 0.5) is 15.8 Å². The summed E-state index contributed by atoms with van der Waals surface area (Å²) in [5, 5.41) is 3.88. The summed E-state index contributed by atoms with van der Waals surface area (Å²) in [4.78, 5) is 17.8. The number of hydrogen-bond acceptors (Lipinski definition) is 5. The summed E-state index contributed by atoms with van der Waals surface area (Å²) >= 11 is 1.29. The molecule has 20 heavy (non-hydrogen) atoms. The molecule has 0 aliphatic carbocycles. The third-order valence-electron chi connectivity index (χ3n) is 2.88. The summed E-state index contributed by atoms with van der Waals surface area (Å²) in [5.41, 5.74) is 8.76. The Labute approximate surface area is 122 Å². The van der Waals surface area contributed by atoms with Crippen LogP contribution in [-0.4, -0.2) is 25.0 Å². The molecule has 5 nitrogen and oxygen atoms in total. The van der Waals surface area contributed by atoms with E-state index in [0.717, 1.165) is 11.3 Å². The zero-order valence-corrected chi connectivity index (χ0v) is 12.6. The number of thiazole rings is 1. The average Bonchev–Trinajstić information content (AvgIpc) is 2.79. The predicted octanol–water partition coefficient (Wildman–Crippen LogP) is 2.81. The highest BCUT2D eigenvalue weighted by Crippen LogP contribution is 2.34. The van der Waals surface area contributed by atoms with Gasteiger partial charge in [0.15, 0.2) is 5.13 Å². The first-order valence-electron chi connectivity index (χ1n) is 6.35. The van der Waals surface area contributed by atoms with Crippen molar-refractivity contribution in [2.24, 2.45) is 0 Å². The highest BCUT2D eigenvalue weighted by atomic mass is 32.1. The Morgan fingerprint density at radius 3 is 2.55 bits per heavy atom. The first-order valence-corrected chi connectivity index (χ1v) is 7.16. The van der Waals surface area contributed by atoms with Crippen LogP contribution in [0.25, 0.3) is 11.3 Å². The molecule has 0 aliphatic rings. The van der Waals surface area contributed by atoms with Crippen LogP contribution in [0.3, 0.4) is 0 Å². The number of nitrogens with two attached hydrogens (primary N) is 1. The number of nitrogens with zero attached hydrogens (tertiary/aromatic N) is 2. The van der Waals surface area contributed by atoms with Crippen LogP contribution in [-0.2, 0) is 4.79 Å². The molecular weight excluding hydrogens is 272 g/mol. The normalized spacial score (nSPS) is 10.3. The molecule has 0 unspecified atom stereocenters. The molecule has 106 valence electrons. The van der Waals surface area contributed by atoms with E-state index in [1.54, 1.807) is 6.92 Å². The van der Waals surface area contributed by atoms with Crippen molar-refractivity contribution in [1.82, 2.24) is 4.98 Å². The van der Waals surface area contributed by atoms with Crippen molar-refractivity contribution in [2.75, 3.05) is 30.0 Å². The fourth-order valence-electron chi connectivity index (χ4n) is 1.72. The van der Waals surface area contributed by atoms with Crippen LogP contribution in [0.1, 0.15) is 13.3 Å². The number of nitrogen functional groups attached to an aromatic ring is 1. The Balaban J connectivity index is 2.26. The second-order valence-electron chi connectivity index (χ2n) is 4.57. The molecule has 0 spiro atoms. The minimum atomic E-state index is -0.0618. The first-order chi connectivity index (χ1) is 9.51. The van der Waals surface area contributed by atoms with Crippen molar-refractivity contribution < 1.29 is 4.79 Å². The molecule has 1 aromatic heterocycles. The third-order valence-corrected chi connectivity index (χ3v) is 3.68. The summed E-state index contributed by atoms with van der Waals surface area (Å²) < 4.78 is 0. The monoisotopic (exact) mass is 290 g/mol. The summed E-state index contributed by atoms with van der Waals surface area (Å²) in [7, 11) is 3.98. The fourth-order valence-corrected chi connectivity index (χ4v) is 2.49. The van der Waals surface area contributed by atoms with Gasteiger partial charge in [-0.25, -0.2) is 4.98 Å². The second-order valence-corrected chi connectivity index (χ2v) is 5.61. The van der Waals surface area contributed by atoms with E-state index in [1.165, 1.54) is 11.3 Å². The molecule has 6 heteroatoms. The highest BCUT2D eigenvalue weighted by molar-refractivity contribution is 7.20. The largest absolute Gasteiger partial charge is 0.389 e. The minimum Gasteiger partial charge on any atom is -0.389 e. The number of anilines is 3. The van der Waals surface area contributed by atoms with Gasteiger partial charge < -0.3 is 16.0 Å². The van der Waals surface area contributed by atoms with Crippen LogP contribution in [0, 0.1) is 0 Å². The average molecular weight is 290 g/mol. The van der Waals surface area contributed by atoms with E-state index in [2.05, 4.69) is 10.3 Å². The van der Waals surface area contributed by atoms with Crippen LogP contribution in [0.15, 0.2) is 24.3 Å². The van der Waals surface area contributed by atoms with E-state index in [1.807, 2.05) is 43.3 Å². The maximum atomic E-state index is 11.4. The maximum absolute atomic E-state index is 11.4. The van der Waals surface area contributed by atoms with Gasteiger partial charge in [-0.2, -0.15) is 0 Å². The SMILES string of the molecule is CCC(=O)Nc1nc(-c2ccc(N(C)C)cc2)c(N)s1. The Morgan fingerprint density at radius 2 is 2.00 bits per heavy atom. The van der Waals surface area contributed by atoms with Crippen molar-refractivity contribution in [3.05, 3.63) is 24.3 Å². The van der Waals surface area contributed by atoms with Crippen LogP contribution in [0.2, 0.25) is 0 Å².